The Hall–Kier alpha value is -1.38. The smallest absolute Gasteiger partial charge is 0.241 e. The van der Waals surface area contributed by atoms with Gasteiger partial charge in [0.05, 0.1) is 22.8 Å². The van der Waals surface area contributed by atoms with Crippen molar-refractivity contribution in [3.8, 4) is 0 Å². The number of hydrogen-bond acceptors (Lipinski definition) is 5. The number of benzene rings is 1. The molecule has 1 aromatic heterocycles. The van der Waals surface area contributed by atoms with Gasteiger partial charge in [-0.1, -0.05) is 29.3 Å². The number of hydrogen-bond donors (Lipinski definition) is 2. The van der Waals surface area contributed by atoms with E-state index in [1.165, 1.54) is 17.3 Å². The number of rotatable bonds is 5. The monoisotopic (exact) mass is 419 g/mol. The van der Waals surface area contributed by atoms with Gasteiger partial charge in [0.1, 0.15) is 19.2 Å². The zero-order valence-corrected chi connectivity index (χ0v) is 16.2. The molecule has 0 spiro atoms. The van der Waals surface area contributed by atoms with Crippen LogP contribution < -0.4 is 10.6 Å². The molecule has 2 atom stereocenters. The lowest BCUT2D eigenvalue weighted by molar-refractivity contribution is -0.122. The highest BCUT2D eigenvalue weighted by Crippen LogP contribution is 2.29. The molecule has 0 radical (unpaired) electrons. The van der Waals surface area contributed by atoms with Gasteiger partial charge in [0.15, 0.2) is 0 Å². The van der Waals surface area contributed by atoms with Crippen LogP contribution in [0.5, 0.6) is 0 Å². The minimum absolute atomic E-state index is 0. The van der Waals surface area contributed by atoms with Crippen molar-refractivity contribution in [1.29, 1.82) is 0 Å². The third-order valence-corrected chi connectivity index (χ3v) is 4.81. The summed E-state index contributed by atoms with van der Waals surface area (Å²) in [5.41, 5.74) is 1.03. The molecule has 26 heavy (non-hydrogen) atoms. The van der Waals surface area contributed by atoms with E-state index in [0.29, 0.717) is 23.2 Å². The summed E-state index contributed by atoms with van der Waals surface area (Å²) in [7, 11) is 0. The van der Waals surface area contributed by atoms with E-state index in [-0.39, 0.29) is 36.9 Å². The van der Waals surface area contributed by atoms with Gasteiger partial charge in [-0.15, -0.1) is 12.4 Å². The van der Waals surface area contributed by atoms with E-state index in [0.717, 1.165) is 18.7 Å². The van der Waals surface area contributed by atoms with Crippen molar-refractivity contribution in [2.75, 3.05) is 26.2 Å². The number of nitrogens with one attached hydrogen (secondary N) is 2. The maximum Gasteiger partial charge on any atom is 0.241 e. The average Bonchev–Trinajstić information content (AvgIpc) is 2.98. The Morgan fingerprint density at radius 1 is 1.38 bits per heavy atom. The molecule has 1 aromatic carbocycles. The number of nitrogens with zero attached hydrogens (tertiary/aromatic N) is 3. The first-order valence-corrected chi connectivity index (χ1v) is 8.75. The average molecular weight is 421 g/mol. The third-order valence-electron chi connectivity index (χ3n) is 4.07. The van der Waals surface area contributed by atoms with E-state index < -0.39 is 0 Å². The van der Waals surface area contributed by atoms with Gasteiger partial charge in [0, 0.05) is 25.6 Å². The maximum atomic E-state index is 12.1. The van der Waals surface area contributed by atoms with Crippen molar-refractivity contribution in [3.63, 3.8) is 0 Å². The van der Waals surface area contributed by atoms with E-state index in [2.05, 4.69) is 20.7 Å². The van der Waals surface area contributed by atoms with Gasteiger partial charge in [-0.2, -0.15) is 5.10 Å². The molecule has 2 N–H and O–H groups in total. The molecule has 2 heterocycles. The molecule has 142 valence electrons. The number of amides is 1. The predicted octanol–water partition coefficient (Wildman–Crippen LogP) is 1.90. The van der Waals surface area contributed by atoms with Crippen LogP contribution >= 0.6 is 35.6 Å². The minimum atomic E-state index is -0.160. The molecular formula is C16H20Cl3N5O2. The van der Waals surface area contributed by atoms with Gasteiger partial charge in [-0.05, 0) is 17.7 Å². The van der Waals surface area contributed by atoms with Crippen LogP contribution in [0.25, 0.3) is 0 Å². The SMILES string of the molecule is Cl.O=C(Cn1cncn1)NCC1OCCNCC1c1ccc(Cl)c(Cl)c1. The van der Waals surface area contributed by atoms with E-state index >= 15 is 0 Å². The zero-order valence-electron chi connectivity index (χ0n) is 13.9. The number of halogens is 3. The van der Waals surface area contributed by atoms with Crippen molar-refractivity contribution >= 4 is 41.5 Å². The molecule has 10 heteroatoms. The topological polar surface area (TPSA) is 81.1 Å². The first-order chi connectivity index (χ1) is 12.1. The summed E-state index contributed by atoms with van der Waals surface area (Å²) in [6.07, 6.45) is 2.74. The Morgan fingerprint density at radius 2 is 2.23 bits per heavy atom. The number of aromatic nitrogens is 3. The highest BCUT2D eigenvalue weighted by molar-refractivity contribution is 6.42. The Kier molecular flexibility index (Phi) is 8.12. The normalized spacial score (nSPS) is 20.1. The number of carbonyl (C=O) groups excluding carboxylic acids is 1. The van der Waals surface area contributed by atoms with Crippen LogP contribution in [0.15, 0.2) is 30.9 Å². The van der Waals surface area contributed by atoms with Gasteiger partial charge in [0.2, 0.25) is 5.91 Å². The molecule has 1 aliphatic heterocycles. The molecule has 1 fully saturated rings. The van der Waals surface area contributed by atoms with Crippen molar-refractivity contribution in [2.24, 2.45) is 0 Å². The number of ether oxygens (including phenoxy) is 1. The Morgan fingerprint density at radius 3 is 2.96 bits per heavy atom. The summed E-state index contributed by atoms with van der Waals surface area (Å²) >= 11 is 12.2. The second-order valence-corrected chi connectivity index (χ2v) is 6.60. The molecule has 1 saturated heterocycles. The van der Waals surface area contributed by atoms with Crippen molar-refractivity contribution in [3.05, 3.63) is 46.5 Å². The zero-order chi connectivity index (χ0) is 17.6. The fraction of sp³-hybridized carbons (Fsp3) is 0.438. The molecule has 0 aliphatic carbocycles. The van der Waals surface area contributed by atoms with Gasteiger partial charge >= 0.3 is 0 Å². The van der Waals surface area contributed by atoms with Crippen molar-refractivity contribution < 1.29 is 9.53 Å². The van der Waals surface area contributed by atoms with Crippen LogP contribution in [0.3, 0.4) is 0 Å². The van der Waals surface area contributed by atoms with Crippen LogP contribution in [-0.2, 0) is 16.1 Å². The van der Waals surface area contributed by atoms with Gasteiger partial charge in [-0.25, -0.2) is 9.67 Å². The third kappa shape index (κ3) is 5.56. The Balaban J connectivity index is 0.00000243. The van der Waals surface area contributed by atoms with Crippen LogP contribution in [0.1, 0.15) is 11.5 Å². The molecule has 0 saturated carbocycles. The lowest BCUT2D eigenvalue weighted by Crippen LogP contribution is -2.39. The van der Waals surface area contributed by atoms with E-state index in [1.54, 1.807) is 6.07 Å². The van der Waals surface area contributed by atoms with Crippen molar-refractivity contribution in [1.82, 2.24) is 25.4 Å². The van der Waals surface area contributed by atoms with E-state index in [9.17, 15) is 4.79 Å². The lowest BCUT2D eigenvalue weighted by Gasteiger charge is -2.25. The molecule has 2 unspecified atom stereocenters. The first kappa shape index (κ1) is 20.9. The fourth-order valence-corrected chi connectivity index (χ4v) is 3.10. The molecule has 3 rings (SSSR count). The van der Waals surface area contributed by atoms with Crippen LogP contribution in [0.4, 0.5) is 0 Å². The summed E-state index contributed by atoms with van der Waals surface area (Å²) in [6.45, 7) is 2.62. The highest BCUT2D eigenvalue weighted by atomic mass is 35.5. The summed E-state index contributed by atoms with van der Waals surface area (Å²) in [5, 5.41) is 11.2. The summed E-state index contributed by atoms with van der Waals surface area (Å²) < 4.78 is 7.41. The van der Waals surface area contributed by atoms with Gasteiger partial charge in [-0.3, -0.25) is 4.79 Å². The van der Waals surface area contributed by atoms with Crippen molar-refractivity contribution in [2.45, 2.75) is 18.6 Å². The summed E-state index contributed by atoms with van der Waals surface area (Å²) in [6, 6.07) is 5.58. The van der Waals surface area contributed by atoms with Crippen LogP contribution in [-0.4, -0.2) is 53.0 Å². The molecule has 0 bridgehead atoms. The van der Waals surface area contributed by atoms with E-state index in [4.69, 9.17) is 27.9 Å². The Bertz CT molecular complexity index is 714. The molecule has 1 aliphatic rings. The molecule has 1 amide bonds. The predicted molar refractivity (Wildman–Crippen MR) is 102 cm³/mol. The second kappa shape index (κ2) is 10.1. The van der Waals surface area contributed by atoms with E-state index in [1.807, 2.05) is 12.1 Å². The molecule has 2 aromatic rings. The maximum absolute atomic E-state index is 12.1. The minimum Gasteiger partial charge on any atom is -0.374 e. The molecular weight excluding hydrogens is 401 g/mol. The largest absolute Gasteiger partial charge is 0.374 e. The highest BCUT2D eigenvalue weighted by Gasteiger charge is 2.27. The summed E-state index contributed by atoms with van der Waals surface area (Å²) in [5.74, 6) is -0.0804. The lowest BCUT2D eigenvalue weighted by atomic mass is 9.93. The molecule has 7 nitrogen and oxygen atoms in total. The van der Waals surface area contributed by atoms with Gasteiger partial charge < -0.3 is 15.4 Å². The fourth-order valence-electron chi connectivity index (χ4n) is 2.80. The first-order valence-electron chi connectivity index (χ1n) is 8.00. The quantitative estimate of drug-likeness (QED) is 0.772. The van der Waals surface area contributed by atoms with Crippen LogP contribution in [0.2, 0.25) is 10.0 Å². The van der Waals surface area contributed by atoms with Gasteiger partial charge in [0.25, 0.3) is 0 Å². The van der Waals surface area contributed by atoms with Crippen LogP contribution in [0, 0.1) is 0 Å². The number of carbonyl (C=O) groups is 1. The summed E-state index contributed by atoms with van der Waals surface area (Å²) in [4.78, 5) is 15.9. The standard InChI is InChI=1S/C16H19Cl2N5O2.ClH/c17-13-2-1-11(5-14(13)18)12-6-19-3-4-25-15(12)7-21-16(24)8-23-10-20-9-22-23;/h1-2,5,9-10,12,15,19H,3-4,6-8H2,(H,21,24);1H. The Labute approximate surface area is 167 Å². The second-order valence-electron chi connectivity index (χ2n) is 5.79.